The van der Waals surface area contributed by atoms with Crippen LogP contribution in [0.4, 0.5) is 0 Å². The van der Waals surface area contributed by atoms with Crippen LogP contribution in [-0.4, -0.2) is 0 Å². The molecule has 0 spiro atoms. The van der Waals surface area contributed by atoms with Gasteiger partial charge in [-0.05, 0) is 66.7 Å². The molecule has 0 heteroatoms. The molecule has 0 heterocycles. The molecule has 0 saturated carbocycles. The number of hydrogen-bond acceptors (Lipinski definition) is 0. The van der Waals surface area contributed by atoms with E-state index in [9.17, 15) is 0 Å². The molecule has 0 amide bonds. The summed E-state index contributed by atoms with van der Waals surface area (Å²) in [5, 5.41) is 0. The Morgan fingerprint density at radius 3 is 1.09 bits per heavy atom. The molecule has 0 aromatic heterocycles. The van der Waals surface area contributed by atoms with E-state index in [0.29, 0.717) is 5.92 Å². The summed E-state index contributed by atoms with van der Waals surface area (Å²) >= 11 is 0. The van der Waals surface area contributed by atoms with Gasteiger partial charge in [0.05, 0.1) is 0 Å². The molecular weight excluding hydrogens is 384 g/mol. The summed E-state index contributed by atoms with van der Waals surface area (Å²) in [6.45, 7) is 6.82. The first-order chi connectivity index (χ1) is 15.7. The lowest BCUT2D eigenvalue weighted by atomic mass is 9.99. The highest BCUT2D eigenvalue weighted by Crippen LogP contribution is 2.17. The maximum absolute atomic E-state index is 2.37. The van der Waals surface area contributed by atoms with Crippen molar-refractivity contribution in [2.24, 2.45) is 0 Å². The number of benzene rings is 2. The Hall–Kier alpha value is -1.56. The van der Waals surface area contributed by atoms with Crippen LogP contribution in [0, 0.1) is 0 Å². The maximum atomic E-state index is 2.37. The average molecular weight is 435 g/mol. The highest BCUT2D eigenvalue weighted by Gasteiger charge is 2.00. The monoisotopic (exact) mass is 434 g/mol. The third-order valence-corrected chi connectivity index (χ3v) is 6.92. The minimum absolute atomic E-state index is 0.639. The van der Waals surface area contributed by atoms with Crippen LogP contribution in [0.2, 0.25) is 0 Å². The van der Waals surface area contributed by atoms with Crippen molar-refractivity contribution in [2.75, 3.05) is 0 Å². The lowest BCUT2D eigenvalue weighted by Gasteiger charge is -2.07. The Morgan fingerprint density at radius 1 is 0.438 bits per heavy atom. The summed E-state index contributed by atoms with van der Waals surface area (Å²) in [5.41, 5.74) is 6.02. The van der Waals surface area contributed by atoms with Gasteiger partial charge in [-0.2, -0.15) is 0 Å². The minimum Gasteiger partial charge on any atom is -0.0654 e. The van der Waals surface area contributed by atoms with E-state index >= 15 is 0 Å². The zero-order chi connectivity index (χ0) is 22.9. The van der Waals surface area contributed by atoms with Crippen LogP contribution in [0.3, 0.4) is 0 Å². The Bertz CT molecular complexity index is 677. The summed E-state index contributed by atoms with van der Waals surface area (Å²) in [6.07, 6.45) is 21.8. The van der Waals surface area contributed by atoms with E-state index < -0.39 is 0 Å². The Morgan fingerprint density at radius 2 is 0.750 bits per heavy atom. The second kappa shape index (κ2) is 17.0. The summed E-state index contributed by atoms with van der Waals surface area (Å²) in [5.74, 6) is 0.639. The second-order valence-corrected chi connectivity index (χ2v) is 10.2. The number of unbranched alkanes of at least 4 members (excludes halogenated alkanes) is 11. The van der Waals surface area contributed by atoms with Crippen LogP contribution in [0.25, 0.3) is 0 Å². The predicted molar refractivity (Wildman–Crippen MR) is 144 cm³/mol. The summed E-state index contributed by atoms with van der Waals surface area (Å²) in [7, 11) is 0. The van der Waals surface area contributed by atoms with Gasteiger partial charge in [0.1, 0.15) is 0 Å². The van der Waals surface area contributed by atoms with Gasteiger partial charge in [-0.1, -0.05) is 134 Å². The fourth-order valence-corrected chi connectivity index (χ4v) is 4.59. The van der Waals surface area contributed by atoms with Gasteiger partial charge >= 0.3 is 0 Å². The van der Waals surface area contributed by atoms with Crippen molar-refractivity contribution in [3.63, 3.8) is 0 Å². The molecule has 0 unspecified atom stereocenters. The molecule has 0 N–H and O–H groups in total. The zero-order valence-corrected chi connectivity index (χ0v) is 21.5. The first-order valence-electron chi connectivity index (χ1n) is 13.9. The molecule has 0 aliphatic heterocycles. The van der Waals surface area contributed by atoms with E-state index in [4.69, 9.17) is 0 Å². The third-order valence-electron chi connectivity index (χ3n) is 6.92. The molecule has 0 aliphatic rings. The Kier molecular flexibility index (Phi) is 14.2. The van der Waals surface area contributed by atoms with Crippen LogP contribution in [0.5, 0.6) is 0 Å². The molecule has 0 bridgehead atoms. The number of aryl methyl sites for hydroxylation is 3. The summed E-state index contributed by atoms with van der Waals surface area (Å²) in [4.78, 5) is 0. The molecule has 0 aliphatic carbocycles. The normalized spacial score (nSPS) is 11.4. The number of hydrogen-bond donors (Lipinski definition) is 0. The summed E-state index contributed by atoms with van der Waals surface area (Å²) < 4.78 is 0. The van der Waals surface area contributed by atoms with Crippen LogP contribution in [0.15, 0.2) is 48.5 Å². The average Bonchev–Trinajstić information content (AvgIpc) is 2.81. The van der Waals surface area contributed by atoms with E-state index in [1.54, 1.807) is 0 Å². The topological polar surface area (TPSA) is 0 Å². The van der Waals surface area contributed by atoms with E-state index in [1.165, 1.54) is 125 Å². The van der Waals surface area contributed by atoms with Gasteiger partial charge in [-0.3, -0.25) is 0 Å². The van der Waals surface area contributed by atoms with Gasteiger partial charge in [-0.25, -0.2) is 0 Å². The van der Waals surface area contributed by atoms with Crippen LogP contribution in [-0.2, 0) is 19.3 Å². The molecular formula is C32H50. The van der Waals surface area contributed by atoms with Gasteiger partial charge in [0, 0.05) is 0 Å². The van der Waals surface area contributed by atoms with Crippen molar-refractivity contribution in [1.82, 2.24) is 0 Å². The number of rotatable bonds is 18. The molecule has 178 valence electrons. The minimum atomic E-state index is 0.639. The van der Waals surface area contributed by atoms with Gasteiger partial charge in [0.25, 0.3) is 0 Å². The van der Waals surface area contributed by atoms with Crippen molar-refractivity contribution >= 4 is 0 Å². The first-order valence-corrected chi connectivity index (χ1v) is 13.9. The van der Waals surface area contributed by atoms with Crippen molar-refractivity contribution < 1.29 is 0 Å². The lowest BCUT2D eigenvalue weighted by Crippen LogP contribution is -1.90. The van der Waals surface area contributed by atoms with Crippen LogP contribution in [0.1, 0.15) is 132 Å². The molecule has 0 fully saturated rings. The van der Waals surface area contributed by atoms with E-state index in [-0.39, 0.29) is 0 Å². The predicted octanol–water partition coefficient (Wildman–Crippen LogP) is 10.2. The highest BCUT2D eigenvalue weighted by atomic mass is 14.1. The van der Waals surface area contributed by atoms with Gasteiger partial charge < -0.3 is 0 Å². The Balaban J connectivity index is 1.40. The van der Waals surface area contributed by atoms with Crippen molar-refractivity contribution in [3.05, 3.63) is 70.8 Å². The third kappa shape index (κ3) is 11.9. The highest BCUT2D eigenvalue weighted by molar-refractivity contribution is 5.25. The zero-order valence-electron chi connectivity index (χ0n) is 21.5. The molecule has 2 aromatic carbocycles. The smallest absolute Gasteiger partial charge is 0.0219 e. The summed E-state index contributed by atoms with van der Waals surface area (Å²) in [6, 6.07) is 18.7. The van der Waals surface area contributed by atoms with E-state index in [1.807, 2.05) is 0 Å². The fourth-order valence-electron chi connectivity index (χ4n) is 4.59. The molecule has 2 aromatic rings. The maximum Gasteiger partial charge on any atom is -0.0219 e. The standard InChI is InChI=1S/C32H50/c1-4-5-6-14-17-29-20-22-30(23-21-29)18-15-12-10-8-7-9-11-13-16-19-31-24-26-32(27-25-31)28(2)3/h20-28H,4-19H2,1-3H3. The van der Waals surface area contributed by atoms with Gasteiger partial charge in [0.2, 0.25) is 0 Å². The fraction of sp³-hybridized carbons (Fsp3) is 0.625. The molecule has 0 nitrogen and oxygen atoms in total. The van der Waals surface area contributed by atoms with Gasteiger partial charge in [-0.15, -0.1) is 0 Å². The van der Waals surface area contributed by atoms with Crippen molar-refractivity contribution in [3.8, 4) is 0 Å². The molecule has 2 rings (SSSR count). The van der Waals surface area contributed by atoms with Crippen LogP contribution < -0.4 is 0 Å². The van der Waals surface area contributed by atoms with Gasteiger partial charge in [0.15, 0.2) is 0 Å². The molecule has 0 saturated heterocycles. The second-order valence-electron chi connectivity index (χ2n) is 10.2. The largest absolute Gasteiger partial charge is 0.0654 e. The molecule has 0 radical (unpaired) electrons. The lowest BCUT2D eigenvalue weighted by molar-refractivity contribution is 0.558. The van der Waals surface area contributed by atoms with Crippen molar-refractivity contribution in [1.29, 1.82) is 0 Å². The Labute approximate surface area is 200 Å². The van der Waals surface area contributed by atoms with E-state index in [0.717, 1.165) is 0 Å². The first kappa shape index (κ1) is 26.7. The molecule has 0 atom stereocenters. The quantitative estimate of drug-likeness (QED) is 0.205. The van der Waals surface area contributed by atoms with Crippen LogP contribution >= 0.6 is 0 Å². The van der Waals surface area contributed by atoms with Crippen molar-refractivity contribution in [2.45, 2.75) is 129 Å². The molecule has 32 heavy (non-hydrogen) atoms. The SMILES string of the molecule is CCCCCCc1ccc(CCCCCCCCCCCc2ccc(C(C)C)cc2)cc1. The van der Waals surface area contributed by atoms with E-state index in [2.05, 4.69) is 69.3 Å².